The Balaban J connectivity index is 1.82. The maximum Gasteiger partial charge on any atom is 0.263 e. The fourth-order valence-electron chi connectivity index (χ4n) is 2.59. The molecule has 0 saturated carbocycles. The van der Waals surface area contributed by atoms with E-state index >= 15 is 0 Å². The minimum Gasteiger partial charge on any atom is -0.337 e. The van der Waals surface area contributed by atoms with E-state index in [2.05, 4.69) is 17.4 Å². The van der Waals surface area contributed by atoms with Gasteiger partial charge in [0.2, 0.25) is 0 Å². The minimum atomic E-state index is 0.148. The molecule has 1 atom stereocenters. The van der Waals surface area contributed by atoms with Crippen LogP contribution in [0.25, 0.3) is 10.1 Å². The Morgan fingerprint density at radius 1 is 1.42 bits per heavy atom. The summed E-state index contributed by atoms with van der Waals surface area (Å²) in [5.74, 6) is 0.148. The monoisotopic (exact) mass is 274 g/mol. The van der Waals surface area contributed by atoms with Gasteiger partial charge in [-0.15, -0.1) is 11.3 Å². The predicted octanol–water partition coefficient (Wildman–Crippen LogP) is 2.73. The number of rotatable bonds is 2. The lowest BCUT2D eigenvalue weighted by molar-refractivity contribution is 0.0713. The van der Waals surface area contributed by atoms with Crippen molar-refractivity contribution in [3.63, 3.8) is 0 Å². The molecule has 0 radical (unpaired) electrons. The quantitative estimate of drug-likeness (QED) is 0.913. The molecule has 100 valence electrons. The van der Waals surface area contributed by atoms with E-state index in [9.17, 15) is 4.79 Å². The van der Waals surface area contributed by atoms with Crippen LogP contribution in [0.3, 0.4) is 0 Å². The van der Waals surface area contributed by atoms with E-state index in [1.807, 2.05) is 30.1 Å². The van der Waals surface area contributed by atoms with Crippen LogP contribution in [0, 0.1) is 0 Å². The first-order chi connectivity index (χ1) is 9.25. The van der Waals surface area contributed by atoms with Crippen molar-refractivity contribution in [2.24, 2.45) is 0 Å². The van der Waals surface area contributed by atoms with Crippen LogP contribution < -0.4 is 5.32 Å². The standard InChI is InChI=1S/C15H18N2OS/c1-17(12-6-4-8-16-10-12)15(18)14-9-11-5-2-3-7-13(11)19-14/h2-3,5,7,9,12,16H,4,6,8,10H2,1H3. The van der Waals surface area contributed by atoms with Crippen molar-refractivity contribution in [3.8, 4) is 0 Å². The van der Waals surface area contributed by atoms with Gasteiger partial charge in [0.05, 0.1) is 4.88 Å². The zero-order chi connectivity index (χ0) is 13.2. The number of nitrogens with one attached hydrogen (secondary N) is 1. The Morgan fingerprint density at radius 2 is 2.26 bits per heavy atom. The van der Waals surface area contributed by atoms with Crippen LogP contribution in [0.2, 0.25) is 0 Å². The average Bonchev–Trinajstić information content (AvgIpc) is 2.90. The maximum absolute atomic E-state index is 12.5. The highest BCUT2D eigenvalue weighted by Crippen LogP contribution is 2.26. The summed E-state index contributed by atoms with van der Waals surface area (Å²) in [6, 6.07) is 10.5. The summed E-state index contributed by atoms with van der Waals surface area (Å²) in [5.41, 5.74) is 0. The number of carbonyl (C=O) groups excluding carboxylic acids is 1. The largest absolute Gasteiger partial charge is 0.337 e. The predicted molar refractivity (Wildman–Crippen MR) is 79.8 cm³/mol. The molecule has 1 saturated heterocycles. The Bertz CT molecular complexity index is 554. The lowest BCUT2D eigenvalue weighted by atomic mass is 10.1. The van der Waals surface area contributed by atoms with E-state index in [1.54, 1.807) is 11.3 Å². The molecule has 1 N–H and O–H groups in total. The first-order valence-corrected chi connectivity index (χ1v) is 7.54. The summed E-state index contributed by atoms with van der Waals surface area (Å²) in [6.45, 7) is 1.98. The normalized spacial score (nSPS) is 19.5. The van der Waals surface area contributed by atoms with Crippen LogP contribution in [0.4, 0.5) is 0 Å². The van der Waals surface area contributed by atoms with Crippen LogP contribution in [0.1, 0.15) is 22.5 Å². The lowest BCUT2D eigenvalue weighted by Crippen LogP contribution is -2.46. The topological polar surface area (TPSA) is 32.3 Å². The first kappa shape index (κ1) is 12.6. The highest BCUT2D eigenvalue weighted by atomic mass is 32.1. The van der Waals surface area contributed by atoms with Crippen LogP contribution in [0.5, 0.6) is 0 Å². The highest BCUT2D eigenvalue weighted by molar-refractivity contribution is 7.20. The highest BCUT2D eigenvalue weighted by Gasteiger charge is 2.23. The number of piperidine rings is 1. The van der Waals surface area contributed by atoms with E-state index in [4.69, 9.17) is 0 Å². The molecule has 4 heteroatoms. The summed E-state index contributed by atoms with van der Waals surface area (Å²) in [5, 5.41) is 4.52. The van der Waals surface area contributed by atoms with Gasteiger partial charge in [0.25, 0.3) is 5.91 Å². The van der Waals surface area contributed by atoms with E-state index in [1.165, 1.54) is 4.70 Å². The van der Waals surface area contributed by atoms with Gasteiger partial charge in [-0.2, -0.15) is 0 Å². The van der Waals surface area contributed by atoms with Crippen molar-refractivity contribution in [1.82, 2.24) is 10.2 Å². The van der Waals surface area contributed by atoms with Gasteiger partial charge >= 0.3 is 0 Å². The molecule has 1 fully saturated rings. The fourth-order valence-corrected chi connectivity index (χ4v) is 3.64. The molecule has 3 rings (SSSR count). The molecule has 1 aliphatic heterocycles. The molecular formula is C15H18N2OS. The number of nitrogens with zero attached hydrogens (tertiary/aromatic N) is 1. The molecule has 0 spiro atoms. The van der Waals surface area contributed by atoms with Gasteiger partial charge in [-0.3, -0.25) is 4.79 Å². The summed E-state index contributed by atoms with van der Waals surface area (Å²) in [7, 11) is 1.92. The van der Waals surface area contributed by atoms with Gasteiger partial charge in [-0.25, -0.2) is 0 Å². The summed E-state index contributed by atoms with van der Waals surface area (Å²) in [6.07, 6.45) is 2.24. The molecule has 1 aromatic heterocycles. The molecule has 1 unspecified atom stereocenters. The number of likely N-dealkylation sites (N-methyl/N-ethyl adjacent to an activating group) is 1. The van der Waals surface area contributed by atoms with E-state index in [-0.39, 0.29) is 5.91 Å². The van der Waals surface area contributed by atoms with Gasteiger partial charge in [-0.1, -0.05) is 18.2 Å². The molecule has 1 aromatic carbocycles. The van der Waals surface area contributed by atoms with Crippen molar-refractivity contribution in [2.75, 3.05) is 20.1 Å². The zero-order valence-corrected chi connectivity index (χ0v) is 11.9. The van der Waals surface area contributed by atoms with Gasteiger partial charge in [0, 0.05) is 24.3 Å². The minimum absolute atomic E-state index is 0.148. The van der Waals surface area contributed by atoms with Gasteiger partial charge < -0.3 is 10.2 Å². The molecule has 2 heterocycles. The van der Waals surface area contributed by atoms with Crippen molar-refractivity contribution in [2.45, 2.75) is 18.9 Å². The number of hydrogen-bond acceptors (Lipinski definition) is 3. The fraction of sp³-hybridized carbons (Fsp3) is 0.400. The smallest absolute Gasteiger partial charge is 0.263 e. The first-order valence-electron chi connectivity index (χ1n) is 6.72. The third-order valence-electron chi connectivity index (χ3n) is 3.78. The maximum atomic E-state index is 12.5. The van der Waals surface area contributed by atoms with Crippen LogP contribution in [-0.2, 0) is 0 Å². The van der Waals surface area contributed by atoms with Crippen LogP contribution >= 0.6 is 11.3 Å². The second-order valence-corrected chi connectivity index (χ2v) is 6.15. The summed E-state index contributed by atoms with van der Waals surface area (Å²) < 4.78 is 1.18. The van der Waals surface area contributed by atoms with E-state index in [0.717, 1.165) is 36.2 Å². The summed E-state index contributed by atoms with van der Waals surface area (Å²) >= 11 is 1.59. The molecule has 3 nitrogen and oxygen atoms in total. The van der Waals surface area contributed by atoms with Crippen molar-refractivity contribution in [1.29, 1.82) is 0 Å². The van der Waals surface area contributed by atoms with Crippen molar-refractivity contribution in [3.05, 3.63) is 35.2 Å². The average molecular weight is 274 g/mol. The Labute approximate surface area is 117 Å². The van der Waals surface area contributed by atoms with Gasteiger partial charge in [0.15, 0.2) is 0 Å². The molecule has 0 bridgehead atoms. The summed E-state index contributed by atoms with van der Waals surface area (Å²) in [4.78, 5) is 15.3. The molecule has 1 aliphatic rings. The van der Waals surface area contributed by atoms with Gasteiger partial charge in [0.1, 0.15) is 0 Å². The van der Waals surface area contributed by atoms with E-state index in [0.29, 0.717) is 6.04 Å². The number of hydrogen-bond donors (Lipinski definition) is 1. The number of fused-ring (bicyclic) bond motifs is 1. The molecule has 0 aliphatic carbocycles. The SMILES string of the molecule is CN(C(=O)c1cc2ccccc2s1)C1CCCNC1. The number of benzene rings is 1. The Morgan fingerprint density at radius 3 is 3.00 bits per heavy atom. The Hall–Kier alpha value is -1.39. The third kappa shape index (κ3) is 2.51. The zero-order valence-electron chi connectivity index (χ0n) is 11.1. The van der Waals surface area contributed by atoms with Gasteiger partial charge in [-0.05, 0) is 36.9 Å². The van der Waals surface area contributed by atoms with Crippen LogP contribution in [-0.4, -0.2) is 37.0 Å². The van der Waals surface area contributed by atoms with Crippen LogP contribution in [0.15, 0.2) is 30.3 Å². The van der Waals surface area contributed by atoms with Crippen molar-refractivity contribution >= 4 is 27.3 Å². The third-order valence-corrected chi connectivity index (χ3v) is 4.88. The number of amides is 1. The molecule has 1 amide bonds. The second-order valence-electron chi connectivity index (χ2n) is 5.06. The Kier molecular flexibility index (Phi) is 3.53. The van der Waals surface area contributed by atoms with E-state index < -0.39 is 0 Å². The lowest BCUT2D eigenvalue weighted by Gasteiger charge is -2.31. The molecular weight excluding hydrogens is 256 g/mol. The van der Waals surface area contributed by atoms with Crippen molar-refractivity contribution < 1.29 is 4.79 Å². The number of thiophene rings is 1. The molecule has 19 heavy (non-hydrogen) atoms. The second kappa shape index (κ2) is 5.31. The molecule has 2 aromatic rings. The number of carbonyl (C=O) groups is 1.